The van der Waals surface area contributed by atoms with Crippen LogP contribution < -0.4 is 5.32 Å². The highest BCUT2D eigenvalue weighted by Crippen LogP contribution is 2.06. The number of nitrogens with zero attached hydrogens (tertiary/aromatic N) is 1. The van der Waals surface area contributed by atoms with Crippen LogP contribution in [-0.4, -0.2) is 42.8 Å². The van der Waals surface area contributed by atoms with E-state index in [9.17, 15) is 4.79 Å². The number of hydrogen-bond donors (Lipinski definition) is 1. The molecule has 0 bridgehead atoms. The second-order valence-corrected chi connectivity index (χ2v) is 4.30. The summed E-state index contributed by atoms with van der Waals surface area (Å²) in [7, 11) is 0. The van der Waals surface area contributed by atoms with Crippen LogP contribution in [0.1, 0.15) is 33.6 Å². The van der Waals surface area contributed by atoms with Crippen molar-refractivity contribution >= 4 is 6.03 Å². The average Bonchev–Trinajstić information content (AvgIpc) is 2.65. The van der Waals surface area contributed by atoms with Crippen molar-refractivity contribution in [3.05, 3.63) is 0 Å². The summed E-state index contributed by atoms with van der Waals surface area (Å²) in [5.74, 6) is 0. The monoisotopic (exact) mass is 214 g/mol. The lowest BCUT2D eigenvalue weighted by Crippen LogP contribution is -2.48. The molecule has 1 heterocycles. The standard InChI is InChI=1S/C11H22N2O2/c1-4-6-13(9(2)3)11(14)12-10-5-7-15-8-10/h9-10H,4-8H2,1-3H3,(H,12,14). The van der Waals surface area contributed by atoms with Crippen LogP contribution in [-0.2, 0) is 4.74 Å². The summed E-state index contributed by atoms with van der Waals surface area (Å²) in [5, 5.41) is 3.01. The van der Waals surface area contributed by atoms with Gasteiger partial charge >= 0.3 is 6.03 Å². The van der Waals surface area contributed by atoms with Crippen molar-refractivity contribution in [2.75, 3.05) is 19.8 Å². The number of nitrogens with one attached hydrogen (secondary N) is 1. The first-order valence-electron chi connectivity index (χ1n) is 5.80. The molecule has 0 aliphatic carbocycles. The number of urea groups is 1. The molecule has 1 N–H and O–H groups in total. The van der Waals surface area contributed by atoms with Crippen LogP contribution in [0.3, 0.4) is 0 Å². The summed E-state index contributed by atoms with van der Waals surface area (Å²) < 4.78 is 5.22. The first-order valence-corrected chi connectivity index (χ1v) is 5.80. The second kappa shape index (κ2) is 5.95. The van der Waals surface area contributed by atoms with Gasteiger partial charge in [-0.25, -0.2) is 4.79 Å². The molecule has 0 spiro atoms. The Morgan fingerprint density at radius 3 is 2.80 bits per heavy atom. The summed E-state index contributed by atoms with van der Waals surface area (Å²) in [4.78, 5) is 13.8. The molecule has 88 valence electrons. The van der Waals surface area contributed by atoms with E-state index in [2.05, 4.69) is 12.2 Å². The molecule has 0 saturated carbocycles. The minimum absolute atomic E-state index is 0.0438. The number of rotatable bonds is 4. The molecule has 0 aromatic carbocycles. The van der Waals surface area contributed by atoms with Crippen molar-refractivity contribution < 1.29 is 9.53 Å². The number of carbonyl (C=O) groups is 1. The quantitative estimate of drug-likeness (QED) is 0.772. The Kier molecular flexibility index (Phi) is 4.88. The summed E-state index contributed by atoms with van der Waals surface area (Å²) in [6.45, 7) is 8.41. The summed E-state index contributed by atoms with van der Waals surface area (Å²) in [6, 6.07) is 0.505. The van der Waals surface area contributed by atoms with Crippen molar-refractivity contribution in [2.24, 2.45) is 0 Å². The van der Waals surface area contributed by atoms with Crippen molar-refractivity contribution in [3.8, 4) is 0 Å². The third-order valence-corrected chi connectivity index (χ3v) is 2.61. The van der Waals surface area contributed by atoms with E-state index in [4.69, 9.17) is 4.74 Å². The maximum Gasteiger partial charge on any atom is 0.317 e. The van der Waals surface area contributed by atoms with Gasteiger partial charge in [0.25, 0.3) is 0 Å². The van der Waals surface area contributed by atoms with Crippen LogP contribution in [0.4, 0.5) is 4.79 Å². The Hall–Kier alpha value is -0.770. The Labute approximate surface area is 92.0 Å². The average molecular weight is 214 g/mol. The second-order valence-electron chi connectivity index (χ2n) is 4.30. The molecular weight excluding hydrogens is 192 g/mol. The Balaban J connectivity index is 2.40. The highest BCUT2D eigenvalue weighted by Gasteiger charge is 2.22. The van der Waals surface area contributed by atoms with Gasteiger partial charge < -0.3 is 15.0 Å². The van der Waals surface area contributed by atoms with E-state index in [1.807, 2.05) is 18.7 Å². The zero-order valence-electron chi connectivity index (χ0n) is 9.95. The number of ether oxygens (including phenoxy) is 1. The van der Waals surface area contributed by atoms with Gasteiger partial charge in [0.05, 0.1) is 12.6 Å². The van der Waals surface area contributed by atoms with E-state index in [0.717, 1.165) is 26.0 Å². The predicted octanol–water partition coefficient (Wildman–Crippen LogP) is 1.61. The van der Waals surface area contributed by atoms with E-state index in [-0.39, 0.29) is 18.1 Å². The van der Waals surface area contributed by atoms with Crippen molar-refractivity contribution in [1.82, 2.24) is 10.2 Å². The first-order chi connectivity index (χ1) is 7.15. The maximum absolute atomic E-state index is 11.9. The Morgan fingerprint density at radius 2 is 2.33 bits per heavy atom. The molecule has 1 atom stereocenters. The topological polar surface area (TPSA) is 41.6 Å². The molecule has 4 nitrogen and oxygen atoms in total. The zero-order valence-corrected chi connectivity index (χ0v) is 9.95. The molecule has 2 amide bonds. The largest absolute Gasteiger partial charge is 0.379 e. The van der Waals surface area contributed by atoms with E-state index in [0.29, 0.717) is 6.61 Å². The summed E-state index contributed by atoms with van der Waals surface area (Å²) in [5.41, 5.74) is 0. The molecule has 15 heavy (non-hydrogen) atoms. The highest BCUT2D eigenvalue weighted by molar-refractivity contribution is 5.74. The highest BCUT2D eigenvalue weighted by atomic mass is 16.5. The third kappa shape index (κ3) is 3.70. The van der Waals surface area contributed by atoms with Gasteiger partial charge in [0.2, 0.25) is 0 Å². The molecule has 1 aliphatic heterocycles. The van der Waals surface area contributed by atoms with Gasteiger partial charge in [0.15, 0.2) is 0 Å². The molecule has 1 aliphatic rings. The number of amides is 2. The van der Waals surface area contributed by atoms with Crippen molar-refractivity contribution in [2.45, 2.75) is 45.7 Å². The first kappa shape index (κ1) is 12.3. The minimum Gasteiger partial charge on any atom is -0.379 e. The molecular formula is C11H22N2O2. The molecule has 1 rings (SSSR count). The minimum atomic E-state index is 0.0438. The van der Waals surface area contributed by atoms with Crippen LogP contribution in [0, 0.1) is 0 Å². The maximum atomic E-state index is 11.9. The van der Waals surface area contributed by atoms with E-state index < -0.39 is 0 Å². The molecule has 1 unspecified atom stereocenters. The molecule has 4 heteroatoms. The van der Waals surface area contributed by atoms with Gasteiger partial charge in [-0.1, -0.05) is 6.92 Å². The predicted molar refractivity (Wildman–Crippen MR) is 59.9 cm³/mol. The lowest BCUT2D eigenvalue weighted by Gasteiger charge is -2.27. The molecule has 0 aromatic rings. The van der Waals surface area contributed by atoms with Crippen molar-refractivity contribution in [3.63, 3.8) is 0 Å². The smallest absolute Gasteiger partial charge is 0.317 e. The molecule has 0 aromatic heterocycles. The van der Waals surface area contributed by atoms with Gasteiger partial charge in [-0.3, -0.25) is 0 Å². The molecule has 0 radical (unpaired) electrons. The van der Waals surface area contributed by atoms with Crippen LogP contribution in [0.2, 0.25) is 0 Å². The van der Waals surface area contributed by atoms with Gasteiger partial charge in [0, 0.05) is 19.2 Å². The lowest BCUT2D eigenvalue weighted by molar-refractivity contribution is 0.169. The van der Waals surface area contributed by atoms with Crippen LogP contribution in [0.25, 0.3) is 0 Å². The van der Waals surface area contributed by atoms with Gasteiger partial charge in [0.1, 0.15) is 0 Å². The van der Waals surface area contributed by atoms with Gasteiger partial charge in [-0.05, 0) is 26.7 Å². The zero-order chi connectivity index (χ0) is 11.3. The third-order valence-electron chi connectivity index (χ3n) is 2.61. The van der Waals surface area contributed by atoms with E-state index >= 15 is 0 Å². The fourth-order valence-electron chi connectivity index (χ4n) is 1.74. The fourth-order valence-corrected chi connectivity index (χ4v) is 1.74. The fraction of sp³-hybridized carbons (Fsp3) is 0.909. The van der Waals surface area contributed by atoms with Crippen LogP contribution in [0.5, 0.6) is 0 Å². The van der Waals surface area contributed by atoms with E-state index in [1.165, 1.54) is 0 Å². The summed E-state index contributed by atoms with van der Waals surface area (Å²) >= 11 is 0. The number of carbonyl (C=O) groups excluding carboxylic acids is 1. The normalized spacial score (nSPS) is 20.7. The molecule has 1 fully saturated rings. The van der Waals surface area contributed by atoms with Gasteiger partial charge in [-0.15, -0.1) is 0 Å². The van der Waals surface area contributed by atoms with Crippen molar-refractivity contribution in [1.29, 1.82) is 0 Å². The SMILES string of the molecule is CCCN(C(=O)NC1CCOC1)C(C)C. The van der Waals surface area contributed by atoms with E-state index in [1.54, 1.807) is 0 Å². The number of hydrogen-bond acceptors (Lipinski definition) is 2. The summed E-state index contributed by atoms with van der Waals surface area (Å²) in [6.07, 6.45) is 1.93. The molecule has 1 saturated heterocycles. The lowest BCUT2D eigenvalue weighted by atomic mass is 10.2. The van der Waals surface area contributed by atoms with Crippen LogP contribution >= 0.6 is 0 Å². The van der Waals surface area contributed by atoms with Crippen LogP contribution in [0.15, 0.2) is 0 Å². The van der Waals surface area contributed by atoms with Gasteiger partial charge in [-0.2, -0.15) is 0 Å². The Bertz CT molecular complexity index is 201. The Morgan fingerprint density at radius 1 is 1.60 bits per heavy atom.